The molecule has 1 rings (SSSR count). The van der Waals surface area contributed by atoms with Crippen molar-refractivity contribution in [3.63, 3.8) is 0 Å². The molecule has 72 valence electrons. The first-order valence-electron chi connectivity index (χ1n) is 3.72. The minimum atomic E-state index is -0.558. The molecule has 0 saturated heterocycles. The maximum atomic E-state index is 11.2. The van der Waals surface area contributed by atoms with Gasteiger partial charge in [0.25, 0.3) is 0 Å². The molecule has 0 spiro atoms. The van der Waals surface area contributed by atoms with Crippen molar-refractivity contribution in [3.8, 4) is 0 Å². The van der Waals surface area contributed by atoms with Gasteiger partial charge in [-0.15, -0.1) is 12.4 Å². The summed E-state index contributed by atoms with van der Waals surface area (Å²) in [7, 11) is 0. The van der Waals surface area contributed by atoms with E-state index >= 15 is 0 Å². The molecule has 0 aromatic heterocycles. The number of carbonyl (C=O) groups is 1. The van der Waals surface area contributed by atoms with Crippen molar-refractivity contribution in [2.75, 3.05) is 0 Å². The highest BCUT2D eigenvalue weighted by Gasteiger charge is 2.06. The van der Waals surface area contributed by atoms with Gasteiger partial charge in [-0.1, -0.05) is 18.2 Å². The minimum absolute atomic E-state index is 0. The van der Waals surface area contributed by atoms with Crippen molar-refractivity contribution < 1.29 is 9.53 Å². The fourth-order valence-electron chi connectivity index (χ4n) is 0.811. The lowest BCUT2D eigenvalue weighted by molar-refractivity contribution is 0.0355. The molecule has 0 bridgehead atoms. The SMILES string of the molecule is CC(N)OC(=O)c1ccccc1.Cl. The lowest BCUT2D eigenvalue weighted by Gasteiger charge is -2.06. The highest BCUT2D eigenvalue weighted by atomic mass is 35.5. The molecule has 0 aliphatic rings. The lowest BCUT2D eigenvalue weighted by atomic mass is 10.2. The molecule has 4 heteroatoms. The summed E-state index contributed by atoms with van der Waals surface area (Å²) < 4.78 is 4.78. The summed E-state index contributed by atoms with van der Waals surface area (Å²) in [5, 5.41) is 0. The molecule has 0 aliphatic carbocycles. The monoisotopic (exact) mass is 201 g/mol. The van der Waals surface area contributed by atoms with Gasteiger partial charge in [-0.3, -0.25) is 5.73 Å². The molecule has 0 saturated carbocycles. The topological polar surface area (TPSA) is 52.3 Å². The number of benzene rings is 1. The van der Waals surface area contributed by atoms with Gasteiger partial charge in [-0.2, -0.15) is 0 Å². The molecule has 1 aromatic carbocycles. The van der Waals surface area contributed by atoms with Gasteiger partial charge in [0.05, 0.1) is 5.56 Å². The summed E-state index contributed by atoms with van der Waals surface area (Å²) in [6.45, 7) is 1.61. The quantitative estimate of drug-likeness (QED) is 0.584. The van der Waals surface area contributed by atoms with Crippen molar-refractivity contribution in [1.82, 2.24) is 0 Å². The zero-order chi connectivity index (χ0) is 8.97. The van der Waals surface area contributed by atoms with Crippen LogP contribution in [0.25, 0.3) is 0 Å². The smallest absolute Gasteiger partial charge is 0.339 e. The second-order valence-electron chi connectivity index (χ2n) is 2.48. The molecule has 0 radical (unpaired) electrons. The normalized spacial score (nSPS) is 11.2. The van der Waals surface area contributed by atoms with Crippen LogP contribution in [-0.4, -0.2) is 12.2 Å². The third kappa shape index (κ3) is 3.92. The van der Waals surface area contributed by atoms with E-state index in [0.717, 1.165) is 0 Å². The summed E-state index contributed by atoms with van der Waals surface area (Å²) in [6.07, 6.45) is -0.558. The first-order chi connectivity index (χ1) is 5.70. The van der Waals surface area contributed by atoms with Gasteiger partial charge in [0, 0.05) is 0 Å². The zero-order valence-corrected chi connectivity index (χ0v) is 8.08. The third-order valence-electron chi connectivity index (χ3n) is 1.30. The minimum Gasteiger partial charge on any atom is -0.444 e. The largest absolute Gasteiger partial charge is 0.444 e. The number of hydrogen-bond acceptors (Lipinski definition) is 3. The standard InChI is InChI=1S/C9H11NO2.ClH/c1-7(10)12-9(11)8-5-3-2-4-6-8;/h2-7H,10H2,1H3;1H. The van der Waals surface area contributed by atoms with E-state index in [-0.39, 0.29) is 18.4 Å². The molecule has 0 heterocycles. The molecular formula is C9H12ClNO2. The average molecular weight is 202 g/mol. The Hall–Kier alpha value is -1.06. The van der Waals surface area contributed by atoms with Gasteiger partial charge in [-0.05, 0) is 19.1 Å². The Morgan fingerprint density at radius 1 is 1.38 bits per heavy atom. The molecule has 2 N–H and O–H groups in total. The molecule has 1 unspecified atom stereocenters. The molecule has 0 aliphatic heterocycles. The van der Waals surface area contributed by atoms with E-state index in [1.165, 1.54) is 0 Å². The Morgan fingerprint density at radius 3 is 2.38 bits per heavy atom. The van der Waals surface area contributed by atoms with Crippen LogP contribution in [0.3, 0.4) is 0 Å². The molecule has 3 nitrogen and oxygen atoms in total. The number of carbonyl (C=O) groups excluding carboxylic acids is 1. The fourth-order valence-corrected chi connectivity index (χ4v) is 0.811. The highest BCUT2D eigenvalue weighted by molar-refractivity contribution is 5.89. The number of rotatable bonds is 2. The van der Waals surface area contributed by atoms with Crippen LogP contribution in [0.4, 0.5) is 0 Å². The zero-order valence-electron chi connectivity index (χ0n) is 7.27. The summed E-state index contributed by atoms with van der Waals surface area (Å²) in [4.78, 5) is 11.2. The third-order valence-corrected chi connectivity index (χ3v) is 1.30. The predicted octanol–water partition coefficient (Wildman–Crippen LogP) is 1.57. The van der Waals surface area contributed by atoms with E-state index in [9.17, 15) is 4.79 Å². The van der Waals surface area contributed by atoms with Crippen molar-refractivity contribution >= 4 is 18.4 Å². The van der Waals surface area contributed by atoms with Crippen LogP contribution in [0.5, 0.6) is 0 Å². The van der Waals surface area contributed by atoms with Gasteiger partial charge >= 0.3 is 5.97 Å². The van der Waals surface area contributed by atoms with E-state index < -0.39 is 6.23 Å². The van der Waals surface area contributed by atoms with Crippen LogP contribution in [0.1, 0.15) is 17.3 Å². The number of esters is 1. The van der Waals surface area contributed by atoms with Crippen LogP contribution >= 0.6 is 12.4 Å². The molecule has 13 heavy (non-hydrogen) atoms. The molecule has 0 fully saturated rings. The Bertz CT molecular complexity index is 262. The second kappa shape index (κ2) is 5.56. The van der Waals surface area contributed by atoms with E-state index in [1.807, 2.05) is 6.07 Å². The van der Waals surface area contributed by atoms with Gasteiger partial charge < -0.3 is 4.74 Å². The maximum Gasteiger partial charge on any atom is 0.339 e. The molecule has 1 atom stereocenters. The van der Waals surface area contributed by atoms with Gasteiger partial charge in [0.1, 0.15) is 6.23 Å². The van der Waals surface area contributed by atoms with Crippen molar-refractivity contribution in [2.45, 2.75) is 13.2 Å². The van der Waals surface area contributed by atoms with Gasteiger partial charge in [-0.25, -0.2) is 4.79 Å². The first-order valence-corrected chi connectivity index (χ1v) is 3.72. The average Bonchev–Trinajstić information content (AvgIpc) is 2.05. The van der Waals surface area contributed by atoms with Crippen molar-refractivity contribution in [2.24, 2.45) is 5.73 Å². The number of hydrogen-bond donors (Lipinski definition) is 1. The Labute approximate surface area is 83.3 Å². The van der Waals surface area contributed by atoms with Crippen molar-refractivity contribution in [1.29, 1.82) is 0 Å². The lowest BCUT2D eigenvalue weighted by Crippen LogP contribution is -2.23. The number of nitrogens with two attached hydrogens (primary N) is 1. The fraction of sp³-hybridized carbons (Fsp3) is 0.222. The van der Waals surface area contributed by atoms with Crippen molar-refractivity contribution in [3.05, 3.63) is 35.9 Å². The summed E-state index contributed by atoms with van der Waals surface area (Å²) in [6, 6.07) is 8.76. The molecule has 1 aromatic rings. The number of ether oxygens (including phenoxy) is 1. The Kier molecular flexibility index (Phi) is 5.11. The predicted molar refractivity (Wildman–Crippen MR) is 52.8 cm³/mol. The van der Waals surface area contributed by atoms with E-state index in [1.54, 1.807) is 31.2 Å². The van der Waals surface area contributed by atoms with Crippen LogP contribution in [-0.2, 0) is 4.74 Å². The van der Waals surface area contributed by atoms with E-state index in [4.69, 9.17) is 10.5 Å². The Balaban J connectivity index is 0.00000144. The van der Waals surface area contributed by atoms with E-state index in [0.29, 0.717) is 5.56 Å². The maximum absolute atomic E-state index is 11.2. The summed E-state index contributed by atoms with van der Waals surface area (Å²) in [5.41, 5.74) is 5.81. The highest BCUT2D eigenvalue weighted by Crippen LogP contribution is 2.01. The van der Waals surface area contributed by atoms with Gasteiger partial charge in [0.15, 0.2) is 0 Å². The van der Waals surface area contributed by atoms with Crippen LogP contribution in [0.15, 0.2) is 30.3 Å². The second-order valence-corrected chi connectivity index (χ2v) is 2.48. The summed E-state index contributed by atoms with van der Waals surface area (Å²) in [5.74, 6) is -0.384. The van der Waals surface area contributed by atoms with Gasteiger partial charge in [0.2, 0.25) is 0 Å². The van der Waals surface area contributed by atoms with Crippen LogP contribution in [0.2, 0.25) is 0 Å². The van der Waals surface area contributed by atoms with Crippen LogP contribution < -0.4 is 5.73 Å². The number of halogens is 1. The first kappa shape index (κ1) is 11.9. The molecular weight excluding hydrogens is 190 g/mol. The summed E-state index contributed by atoms with van der Waals surface area (Å²) >= 11 is 0. The molecule has 0 amide bonds. The van der Waals surface area contributed by atoms with Crippen LogP contribution in [0, 0.1) is 0 Å². The van der Waals surface area contributed by atoms with E-state index in [2.05, 4.69) is 0 Å². The Morgan fingerprint density at radius 2 is 1.92 bits per heavy atom.